The molecule has 2 fully saturated rings. The minimum Gasteiger partial charge on any atom is -0.479 e. The summed E-state index contributed by atoms with van der Waals surface area (Å²) < 4.78 is 0. The van der Waals surface area contributed by atoms with Crippen molar-refractivity contribution in [3.8, 4) is 0 Å². The van der Waals surface area contributed by atoms with Gasteiger partial charge >= 0.3 is 5.97 Å². The highest BCUT2D eigenvalue weighted by atomic mass is 16.4. The number of allylic oxidation sites excluding steroid dienone is 4. The third-order valence-corrected chi connectivity index (χ3v) is 10.4. The zero-order valence-electron chi connectivity index (χ0n) is 20.5. The monoisotopic (exact) mass is 428 g/mol. The van der Waals surface area contributed by atoms with Crippen molar-refractivity contribution in [3.05, 3.63) is 22.8 Å². The minimum absolute atomic E-state index is 0.101. The normalized spacial score (nSPS) is 43.0. The molecule has 0 spiro atoms. The summed E-state index contributed by atoms with van der Waals surface area (Å²) in [4.78, 5) is 11.7. The van der Waals surface area contributed by atoms with Crippen LogP contribution in [0.1, 0.15) is 105 Å². The standard InChI is InChI=1S/C28H44O3/c1-18(2)7-6-8-19(3)22-11-12-23-21-10-9-20-17-28(31,25(29)30)16-15-26(20,4)24(21)13-14-27(22,23)5/h7,19-20,22-23,31H,6,8-17H2,1-5H3,(H,29,30)/t19-,20+,22-,23+,26+,27-,28+/m1/s1. The van der Waals surface area contributed by atoms with Crippen LogP contribution < -0.4 is 0 Å². The van der Waals surface area contributed by atoms with Crippen molar-refractivity contribution in [2.24, 2.45) is 34.5 Å². The van der Waals surface area contributed by atoms with Crippen molar-refractivity contribution in [2.75, 3.05) is 0 Å². The highest BCUT2D eigenvalue weighted by molar-refractivity contribution is 5.77. The van der Waals surface area contributed by atoms with Gasteiger partial charge in [-0.2, -0.15) is 0 Å². The van der Waals surface area contributed by atoms with Crippen molar-refractivity contribution in [2.45, 2.75) is 111 Å². The molecule has 0 aromatic rings. The van der Waals surface area contributed by atoms with Gasteiger partial charge in [0, 0.05) is 0 Å². The fourth-order valence-corrected chi connectivity index (χ4v) is 8.46. The third-order valence-electron chi connectivity index (χ3n) is 10.4. The van der Waals surface area contributed by atoms with Crippen LogP contribution in [0.25, 0.3) is 0 Å². The van der Waals surface area contributed by atoms with Crippen LogP contribution in [0.4, 0.5) is 0 Å². The van der Waals surface area contributed by atoms with E-state index in [9.17, 15) is 15.0 Å². The molecule has 0 bridgehead atoms. The van der Waals surface area contributed by atoms with E-state index in [4.69, 9.17) is 0 Å². The van der Waals surface area contributed by atoms with E-state index in [0.29, 0.717) is 24.2 Å². The molecule has 0 amide bonds. The summed E-state index contributed by atoms with van der Waals surface area (Å²) in [5.41, 5.74) is 3.89. The average molecular weight is 429 g/mol. The van der Waals surface area contributed by atoms with E-state index in [1.54, 1.807) is 11.1 Å². The molecule has 3 heteroatoms. The van der Waals surface area contributed by atoms with Crippen LogP contribution in [0, 0.1) is 34.5 Å². The third kappa shape index (κ3) is 3.73. The maximum absolute atomic E-state index is 11.7. The van der Waals surface area contributed by atoms with E-state index < -0.39 is 11.6 Å². The molecule has 174 valence electrons. The molecule has 0 heterocycles. The van der Waals surface area contributed by atoms with Gasteiger partial charge in [0.25, 0.3) is 0 Å². The number of aliphatic carboxylic acids is 1. The first kappa shape index (κ1) is 23.1. The molecule has 0 unspecified atom stereocenters. The van der Waals surface area contributed by atoms with Gasteiger partial charge in [-0.1, -0.05) is 43.6 Å². The Morgan fingerprint density at radius 3 is 2.55 bits per heavy atom. The van der Waals surface area contributed by atoms with E-state index in [1.807, 2.05) is 0 Å². The Morgan fingerprint density at radius 2 is 1.87 bits per heavy atom. The van der Waals surface area contributed by atoms with E-state index in [2.05, 4.69) is 40.7 Å². The molecule has 2 N–H and O–H groups in total. The zero-order valence-corrected chi connectivity index (χ0v) is 20.5. The minimum atomic E-state index is -1.51. The molecule has 0 saturated heterocycles. The van der Waals surface area contributed by atoms with Gasteiger partial charge in [-0.3, -0.25) is 0 Å². The quantitative estimate of drug-likeness (QED) is 0.468. The van der Waals surface area contributed by atoms with E-state index in [-0.39, 0.29) is 5.41 Å². The number of hydrogen-bond donors (Lipinski definition) is 2. The first-order valence-corrected chi connectivity index (χ1v) is 12.8. The van der Waals surface area contributed by atoms with Crippen LogP contribution in [0.15, 0.2) is 22.8 Å². The molecule has 3 nitrogen and oxygen atoms in total. The number of rotatable bonds is 5. The number of hydrogen-bond acceptors (Lipinski definition) is 2. The Balaban J connectivity index is 1.55. The highest BCUT2D eigenvalue weighted by Gasteiger charge is 2.58. The number of aliphatic hydroxyl groups is 1. The molecule has 0 radical (unpaired) electrons. The second-order valence-electron chi connectivity index (χ2n) is 12.3. The first-order chi connectivity index (χ1) is 14.5. The molecule has 0 aromatic heterocycles. The maximum Gasteiger partial charge on any atom is 0.335 e. The van der Waals surface area contributed by atoms with Gasteiger partial charge in [0.1, 0.15) is 0 Å². The van der Waals surface area contributed by atoms with Gasteiger partial charge in [0.2, 0.25) is 0 Å². The summed E-state index contributed by atoms with van der Waals surface area (Å²) in [5.74, 6) is 1.62. The van der Waals surface area contributed by atoms with Crippen molar-refractivity contribution in [3.63, 3.8) is 0 Å². The van der Waals surface area contributed by atoms with Gasteiger partial charge in [-0.25, -0.2) is 4.79 Å². The summed E-state index contributed by atoms with van der Waals surface area (Å²) in [6.45, 7) is 11.9. The Kier molecular flexibility index (Phi) is 5.99. The molecular weight excluding hydrogens is 384 g/mol. The van der Waals surface area contributed by atoms with Crippen LogP contribution in [0.3, 0.4) is 0 Å². The average Bonchev–Trinajstić information content (AvgIpc) is 3.05. The summed E-state index contributed by atoms with van der Waals surface area (Å²) >= 11 is 0. The molecule has 0 aromatic carbocycles. The van der Waals surface area contributed by atoms with Crippen LogP contribution >= 0.6 is 0 Å². The van der Waals surface area contributed by atoms with Gasteiger partial charge in [-0.15, -0.1) is 0 Å². The summed E-state index contributed by atoms with van der Waals surface area (Å²) in [5, 5.41) is 20.2. The molecule has 7 atom stereocenters. The van der Waals surface area contributed by atoms with Crippen molar-refractivity contribution < 1.29 is 15.0 Å². The molecule has 4 aliphatic rings. The predicted molar refractivity (Wildman–Crippen MR) is 126 cm³/mol. The second-order valence-corrected chi connectivity index (χ2v) is 12.3. The van der Waals surface area contributed by atoms with Crippen LogP contribution in [0.5, 0.6) is 0 Å². The molecule has 31 heavy (non-hydrogen) atoms. The SMILES string of the molecule is CC(C)=CCC[C@@H](C)[C@H]1CC[C@H]2C3=C(CC[C@]12C)[C@@]1(C)CC[C@@](O)(C(=O)O)C[C@@H]1CC3. The number of carboxylic acid groups (broad SMARTS) is 1. The van der Waals surface area contributed by atoms with Crippen LogP contribution in [-0.4, -0.2) is 21.8 Å². The van der Waals surface area contributed by atoms with Crippen LogP contribution in [0.2, 0.25) is 0 Å². The topological polar surface area (TPSA) is 57.5 Å². The fraction of sp³-hybridized carbons (Fsp3) is 0.821. The lowest BCUT2D eigenvalue weighted by Crippen LogP contribution is -2.52. The van der Waals surface area contributed by atoms with E-state index >= 15 is 0 Å². The first-order valence-electron chi connectivity index (χ1n) is 12.8. The molecular formula is C28H44O3. The van der Waals surface area contributed by atoms with Crippen LogP contribution in [-0.2, 0) is 4.79 Å². The summed E-state index contributed by atoms with van der Waals surface area (Å²) in [6, 6.07) is 0. The van der Waals surface area contributed by atoms with Gasteiger partial charge in [-0.05, 0) is 119 Å². The number of carbonyl (C=O) groups is 1. The van der Waals surface area contributed by atoms with Gasteiger partial charge in [0.15, 0.2) is 5.60 Å². The highest BCUT2D eigenvalue weighted by Crippen LogP contribution is 2.66. The van der Waals surface area contributed by atoms with E-state index in [1.165, 1.54) is 44.1 Å². The summed E-state index contributed by atoms with van der Waals surface area (Å²) in [7, 11) is 0. The van der Waals surface area contributed by atoms with Crippen molar-refractivity contribution in [1.82, 2.24) is 0 Å². The summed E-state index contributed by atoms with van der Waals surface area (Å²) in [6.07, 6.45) is 13.9. The maximum atomic E-state index is 11.7. The Bertz CT molecular complexity index is 790. The Labute approximate surface area is 189 Å². The largest absolute Gasteiger partial charge is 0.479 e. The molecule has 4 rings (SSSR count). The van der Waals surface area contributed by atoms with Gasteiger partial charge in [0.05, 0.1) is 0 Å². The Hall–Kier alpha value is -1.09. The molecule has 0 aliphatic heterocycles. The molecule has 2 saturated carbocycles. The smallest absolute Gasteiger partial charge is 0.335 e. The second kappa shape index (κ2) is 8.04. The predicted octanol–water partition coefficient (Wildman–Crippen LogP) is 6.91. The van der Waals surface area contributed by atoms with Crippen molar-refractivity contribution in [1.29, 1.82) is 0 Å². The lowest BCUT2D eigenvalue weighted by atomic mass is 9.49. The zero-order chi connectivity index (χ0) is 22.6. The number of carboxylic acids is 1. The molecule has 4 aliphatic carbocycles. The fourth-order valence-electron chi connectivity index (χ4n) is 8.46. The Morgan fingerprint density at radius 1 is 1.13 bits per heavy atom. The lowest BCUT2D eigenvalue weighted by molar-refractivity contribution is -0.168. The van der Waals surface area contributed by atoms with E-state index in [0.717, 1.165) is 37.0 Å². The lowest BCUT2D eigenvalue weighted by Gasteiger charge is -2.56. The van der Waals surface area contributed by atoms with Crippen molar-refractivity contribution >= 4 is 5.97 Å². The van der Waals surface area contributed by atoms with Gasteiger partial charge < -0.3 is 10.2 Å². The number of fused-ring (bicyclic) bond motifs is 4.